The maximum Gasteiger partial charge on any atom is 0.175 e. The van der Waals surface area contributed by atoms with Gasteiger partial charge in [0.15, 0.2) is 11.5 Å². The van der Waals surface area contributed by atoms with Gasteiger partial charge in [-0.3, -0.25) is 0 Å². The van der Waals surface area contributed by atoms with E-state index in [4.69, 9.17) is 9.47 Å². The predicted octanol–water partition coefficient (Wildman–Crippen LogP) is 2.09. The van der Waals surface area contributed by atoms with Crippen molar-refractivity contribution in [1.82, 2.24) is 9.97 Å². The van der Waals surface area contributed by atoms with Gasteiger partial charge in [0.2, 0.25) is 0 Å². The summed E-state index contributed by atoms with van der Waals surface area (Å²) in [6.45, 7) is 1.04. The molecule has 1 aliphatic heterocycles. The van der Waals surface area contributed by atoms with Gasteiger partial charge in [-0.2, -0.15) is 0 Å². The molecule has 5 nitrogen and oxygen atoms in total. The van der Waals surface area contributed by atoms with Crippen LogP contribution in [0.1, 0.15) is 17.2 Å². The summed E-state index contributed by atoms with van der Waals surface area (Å²) in [5, 5.41) is 10.3. The van der Waals surface area contributed by atoms with Gasteiger partial charge in [0, 0.05) is 18.0 Å². The van der Waals surface area contributed by atoms with Crippen LogP contribution in [0.2, 0.25) is 0 Å². The number of fused-ring (bicyclic) bond motifs is 1. The fraction of sp³-hybridized carbons (Fsp3) is 0.231. The zero-order valence-corrected chi connectivity index (χ0v) is 11.5. The molecule has 0 saturated carbocycles. The molecule has 0 spiro atoms. The van der Waals surface area contributed by atoms with Gasteiger partial charge in [-0.15, -0.1) is 0 Å². The van der Waals surface area contributed by atoms with Gasteiger partial charge in [0.1, 0.15) is 25.6 Å². The van der Waals surface area contributed by atoms with Gasteiger partial charge >= 0.3 is 0 Å². The fourth-order valence-electron chi connectivity index (χ4n) is 1.93. The monoisotopic (exact) mass is 322 g/mol. The van der Waals surface area contributed by atoms with Gasteiger partial charge in [0.25, 0.3) is 0 Å². The van der Waals surface area contributed by atoms with Crippen LogP contribution in [-0.2, 0) is 0 Å². The number of aliphatic hydroxyl groups is 1. The second kappa shape index (κ2) is 5.14. The highest BCUT2D eigenvalue weighted by molar-refractivity contribution is 9.10. The lowest BCUT2D eigenvalue weighted by atomic mass is 10.0. The molecule has 0 radical (unpaired) electrons. The van der Waals surface area contributed by atoms with E-state index in [1.807, 2.05) is 6.07 Å². The molecule has 1 aromatic heterocycles. The molecular weight excluding hydrogens is 312 g/mol. The first-order valence-corrected chi connectivity index (χ1v) is 6.57. The van der Waals surface area contributed by atoms with E-state index >= 15 is 0 Å². The lowest BCUT2D eigenvalue weighted by molar-refractivity contribution is 0.168. The fourth-order valence-corrected chi connectivity index (χ4v) is 2.51. The van der Waals surface area contributed by atoms with Crippen LogP contribution in [0, 0.1) is 0 Å². The standard InChI is InChI=1S/C13H11BrN2O3/c14-10-3-8(4-11-13(10)19-2-1-18-11)12(17)9-5-15-7-16-6-9/h3-7,12,17H,1-2H2. The highest BCUT2D eigenvalue weighted by atomic mass is 79.9. The van der Waals surface area contributed by atoms with E-state index in [1.165, 1.54) is 6.33 Å². The van der Waals surface area contributed by atoms with Crippen molar-refractivity contribution in [1.29, 1.82) is 0 Å². The van der Waals surface area contributed by atoms with Crippen molar-refractivity contribution in [2.24, 2.45) is 0 Å². The molecule has 0 aliphatic carbocycles. The molecule has 1 atom stereocenters. The Morgan fingerprint density at radius 1 is 1.11 bits per heavy atom. The maximum atomic E-state index is 10.3. The number of nitrogens with zero attached hydrogens (tertiary/aromatic N) is 2. The summed E-state index contributed by atoms with van der Waals surface area (Å²) in [6.07, 6.45) is 3.80. The summed E-state index contributed by atoms with van der Waals surface area (Å²) >= 11 is 3.43. The van der Waals surface area contributed by atoms with Crippen LogP contribution in [0.4, 0.5) is 0 Å². The summed E-state index contributed by atoms with van der Waals surface area (Å²) in [6, 6.07) is 3.59. The zero-order valence-electron chi connectivity index (χ0n) is 9.91. The third-order valence-corrected chi connectivity index (χ3v) is 3.42. The Morgan fingerprint density at radius 3 is 2.63 bits per heavy atom. The van der Waals surface area contributed by atoms with E-state index in [9.17, 15) is 5.11 Å². The summed E-state index contributed by atoms with van der Waals surface area (Å²) in [5.74, 6) is 1.30. The normalized spacial score (nSPS) is 15.1. The Balaban J connectivity index is 1.99. The van der Waals surface area contributed by atoms with Crippen LogP contribution >= 0.6 is 15.9 Å². The smallest absolute Gasteiger partial charge is 0.175 e. The summed E-state index contributed by atoms with van der Waals surface area (Å²) in [7, 11) is 0. The second-order valence-electron chi connectivity index (χ2n) is 4.10. The lowest BCUT2D eigenvalue weighted by Crippen LogP contribution is -2.16. The first-order valence-electron chi connectivity index (χ1n) is 5.77. The average molecular weight is 323 g/mol. The molecular formula is C13H11BrN2O3. The molecule has 98 valence electrons. The number of ether oxygens (including phenoxy) is 2. The van der Waals surface area contributed by atoms with Gasteiger partial charge < -0.3 is 14.6 Å². The van der Waals surface area contributed by atoms with E-state index in [0.29, 0.717) is 35.8 Å². The zero-order chi connectivity index (χ0) is 13.2. The number of hydrogen-bond acceptors (Lipinski definition) is 5. The van der Waals surface area contributed by atoms with E-state index in [2.05, 4.69) is 25.9 Å². The van der Waals surface area contributed by atoms with Crippen molar-refractivity contribution < 1.29 is 14.6 Å². The van der Waals surface area contributed by atoms with Crippen molar-refractivity contribution in [3.8, 4) is 11.5 Å². The second-order valence-corrected chi connectivity index (χ2v) is 4.96. The summed E-state index contributed by atoms with van der Waals surface area (Å²) < 4.78 is 11.8. The highest BCUT2D eigenvalue weighted by Gasteiger charge is 2.20. The van der Waals surface area contributed by atoms with Gasteiger partial charge in [-0.05, 0) is 33.6 Å². The van der Waals surface area contributed by atoms with Gasteiger partial charge in [-0.25, -0.2) is 9.97 Å². The van der Waals surface area contributed by atoms with E-state index in [0.717, 1.165) is 4.47 Å². The molecule has 0 fully saturated rings. The molecule has 19 heavy (non-hydrogen) atoms. The van der Waals surface area contributed by atoms with Crippen molar-refractivity contribution in [3.63, 3.8) is 0 Å². The van der Waals surface area contributed by atoms with Crippen molar-refractivity contribution in [2.45, 2.75) is 6.10 Å². The number of aliphatic hydroxyl groups excluding tert-OH is 1. The predicted molar refractivity (Wildman–Crippen MR) is 71.2 cm³/mol. The minimum absolute atomic E-state index is 0.507. The Labute approximate surface area is 118 Å². The molecule has 0 saturated heterocycles. The molecule has 0 bridgehead atoms. The van der Waals surface area contributed by atoms with Crippen molar-refractivity contribution in [3.05, 3.63) is 46.5 Å². The highest BCUT2D eigenvalue weighted by Crippen LogP contribution is 2.40. The summed E-state index contributed by atoms with van der Waals surface area (Å²) in [4.78, 5) is 7.80. The van der Waals surface area contributed by atoms with Crippen LogP contribution in [-0.4, -0.2) is 28.3 Å². The minimum atomic E-state index is -0.798. The Bertz CT molecular complexity index is 592. The quantitative estimate of drug-likeness (QED) is 0.917. The molecule has 2 aromatic rings. The number of hydrogen-bond donors (Lipinski definition) is 1. The number of rotatable bonds is 2. The van der Waals surface area contributed by atoms with Crippen LogP contribution in [0.15, 0.2) is 35.3 Å². The molecule has 1 unspecified atom stereocenters. The van der Waals surface area contributed by atoms with Gasteiger partial charge in [0.05, 0.1) is 4.47 Å². The Hall–Kier alpha value is -1.66. The molecule has 6 heteroatoms. The lowest BCUT2D eigenvalue weighted by Gasteiger charge is -2.21. The largest absolute Gasteiger partial charge is 0.486 e. The van der Waals surface area contributed by atoms with Gasteiger partial charge in [-0.1, -0.05) is 0 Å². The molecule has 1 aromatic carbocycles. The van der Waals surface area contributed by atoms with E-state index < -0.39 is 6.10 Å². The topological polar surface area (TPSA) is 64.5 Å². The molecule has 2 heterocycles. The minimum Gasteiger partial charge on any atom is -0.486 e. The van der Waals surface area contributed by atoms with E-state index in [-0.39, 0.29) is 0 Å². The van der Waals surface area contributed by atoms with Crippen molar-refractivity contribution in [2.75, 3.05) is 13.2 Å². The number of halogens is 1. The molecule has 0 amide bonds. The van der Waals surface area contributed by atoms with Crippen LogP contribution in [0.5, 0.6) is 11.5 Å². The average Bonchev–Trinajstić information content (AvgIpc) is 2.47. The molecule has 1 aliphatic rings. The number of aromatic nitrogens is 2. The first kappa shape index (κ1) is 12.4. The van der Waals surface area contributed by atoms with Crippen LogP contribution < -0.4 is 9.47 Å². The molecule has 1 N–H and O–H groups in total. The summed E-state index contributed by atoms with van der Waals surface area (Å²) in [5.41, 5.74) is 1.33. The third kappa shape index (κ3) is 2.41. The first-order chi connectivity index (χ1) is 9.25. The number of benzene rings is 1. The Morgan fingerprint density at radius 2 is 1.84 bits per heavy atom. The SMILES string of the molecule is OC(c1cncnc1)c1cc(Br)c2c(c1)OCCO2. The Kier molecular flexibility index (Phi) is 3.35. The third-order valence-electron chi connectivity index (χ3n) is 2.83. The molecule has 3 rings (SSSR count). The van der Waals surface area contributed by atoms with Crippen LogP contribution in [0.3, 0.4) is 0 Å². The van der Waals surface area contributed by atoms with Crippen LogP contribution in [0.25, 0.3) is 0 Å². The maximum absolute atomic E-state index is 10.3. The van der Waals surface area contributed by atoms with E-state index in [1.54, 1.807) is 18.5 Å². The van der Waals surface area contributed by atoms with Crippen molar-refractivity contribution >= 4 is 15.9 Å².